The zero-order chi connectivity index (χ0) is 15.2. The SMILES string of the molecule is COc1ccnc(CNCC(O)CC(C)(C)C)c1OC. The molecule has 20 heavy (non-hydrogen) atoms. The highest BCUT2D eigenvalue weighted by Gasteiger charge is 2.17. The number of hydrogen-bond donors (Lipinski definition) is 2. The Balaban J connectivity index is 2.54. The van der Waals surface area contributed by atoms with Crippen LogP contribution in [-0.2, 0) is 6.54 Å². The van der Waals surface area contributed by atoms with Crippen LogP contribution in [0.5, 0.6) is 11.5 Å². The van der Waals surface area contributed by atoms with E-state index in [9.17, 15) is 5.11 Å². The molecule has 2 N–H and O–H groups in total. The van der Waals surface area contributed by atoms with E-state index in [2.05, 4.69) is 31.1 Å². The van der Waals surface area contributed by atoms with Crippen LogP contribution in [0.4, 0.5) is 0 Å². The summed E-state index contributed by atoms with van der Waals surface area (Å²) in [6.07, 6.45) is 2.07. The van der Waals surface area contributed by atoms with Gasteiger partial charge in [0, 0.05) is 25.4 Å². The number of aliphatic hydroxyl groups excluding tert-OH is 1. The summed E-state index contributed by atoms with van der Waals surface area (Å²) in [4.78, 5) is 4.28. The molecule has 1 rings (SSSR count). The lowest BCUT2D eigenvalue weighted by atomic mass is 9.89. The van der Waals surface area contributed by atoms with Crippen molar-refractivity contribution in [1.82, 2.24) is 10.3 Å². The highest BCUT2D eigenvalue weighted by atomic mass is 16.5. The van der Waals surface area contributed by atoms with E-state index in [0.717, 1.165) is 12.1 Å². The molecule has 0 amide bonds. The minimum atomic E-state index is -0.369. The van der Waals surface area contributed by atoms with Gasteiger partial charge in [-0.15, -0.1) is 0 Å². The van der Waals surface area contributed by atoms with Gasteiger partial charge in [-0.25, -0.2) is 0 Å². The molecule has 0 radical (unpaired) electrons. The van der Waals surface area contributed by atoms with Gasteiger partial charge in [-0.3, -0.25) is 4.98 Å². The van der Waals surface area contributed by atoms with Crippen LogP contribution in [0.2, 0.25) is 0 Å². The maximum absolute atomic E-state index is 9.95. The van der Waals surface area contributed by atoms with Gasteiger partial charge in [-0.2, -0.15) is 0 Å². The maximum Gasteiger partial charge on any atom is 0.183 e. The second kappa shape index (κ2) is 7.45. The van der Waals surface area contributed by atoms with E-state index >= 15 is 0 Å². The zero-order valence-electron chi connectivity index (χ0n) is 13.1. The highest BCUT2D eigenvalue weighted by molar-refractivity contribution is 5.42. The van der Waals surface area contributed by atoms with Crippen LogP contribution < -0.4 is 14.8 Å². The average molecular weight is 282 g/mol. The molecule has 5 nitrogen and oxygen atoms in total. The van der Waals surface area contributed by atoms with Gasteiger partial charge in [-0.1, -0.05) is 20.8 Å². The summed E-state index contributed by atoms with van der Waals surface area (Å²) < 4.78 is 10.5. The third-order valence-corrected chi connectivity index (χ3v) is 2.89. The molecule has 5 heteroatoms. The summed E-state index contributed by atoms with van der Waals surface area (Å²) in [5, 5.41) is 13.2. The van der Waals surface area contributed by atoms with Crippen LogP contribution in [0, 0.1) is 5.41 Å². The summed E-state index contributed by atoms with van der Waals surface area (Å²) in [5.74, 6) is 1.29. The zero-order valence-corrected chi connectivity index (χ0v) is 13.1. The second-order valence-electron chi connectivity index (χ2n) is 6.04. The van der Waals surface area contributed by atoms with Gasteiger partial charge in [0.15, 0.2) is 11.5 Å². The van der Waals surface area contributed by atoms with Crippen molar-refractivity contribution >= 4 is 0 Å². The standard InChI is InChI=1S/C15H26N2O3/c1-15(2,3)8-11(18)9-16-10-12-14(20-5)13(19-4)6-7-17-12/h6-7,11,16,18H,8-10H2,1-5H3. The summed E-state index contributed by atoms with van der Waals surface area (Å²) in [7, 11) is 3.19. The van der Waals surface area contributed by atoms with Crippen LogP contribution in [0.25, 0.3) is 0 Å². The van der Waals surface area contributed by atoms with E-state index in [0.29, 0.717) is 24.6 Å². The van der Waals surface area contributed by atoms with Crippen LogP contribution in [0.15, 0.2) is 12.3 Å². The fourth-order valence-electron chi connectivity index (χ4n) is 2.11. The number of methoxy groups -OCH3 is 2. The Hall–Kier alpha value is -1.33. The van der Waals surface area contributed by atoms with Crippen molar-refractivity contribution in [2.75, 3.05) is 20.8 Å². The van der Waals surface area contributed by atoms with Crippen molar-refractivity contribution in [2.45, 2.75) is 39.8 Å². The molecule has 0 aromatic carbocycles. The summed E-state index contributed by atoms with van der Waals surface area (Å²) in [6, 6.07) is 1.76. The van der Waals surface area contributed by atoms with E-state index in [1.165, 1.54) is 0 Å². The molecule has 0 fully saturated rings. The summed E-state index contributed by atoms with van der Waals surface area (Å²) >= 11 is 0. The Bertz CT molecular complexity index is 416. The first kappa shape index (κ1) is 16.7. The Kier molecular flexibility index (Phi) is 6.23. The van der Waals surface area contributed by atoms with Crippen LogP contribution in [0.1, 0.15) is 32.9 Å². The molecule has 0 aliphatic rings. The minimum absolute atomic E-state index is 0.118. The molecule has 0 bridgehead atoms. The van der Waals surface area contributed by atoms with Crippen LogP contribution in [0.3, 0.4) is 0 Å². The Labute approximate surface area is 121 Å². The number of aromatic nitrogens is 1. The molecule has 1 aromatic rings. The fraction of sp³-hybridized carbons (Fsp3) is 0.667. The van der Waals surface area contributed by atoms with E-state index in [-0.39, 0.29) is 11.5 Å². The van der Waals surface area contributed by atoms with Gasteiger partial charge in [0.05, 0.1) is 26.0 Å². The first-order valence-electron chi connectivity index (χ1n) is 6.82. The second-order valence-corrected chi connectivity index (χ2v) is 6.04. The van der Waals surface area contributed by atoms with Crippen molar-refractivity contribution in [3.63, 3.8) is 0 Å². The largest absolute Gasteiger partial charge is 0.493 e. The van der Waals surface area contributed by atoms with Gasteiger partial charge >= 0.3 is 0 Å². The first-order valence-corrected chi connectivity index (χ1v) is 6.82. The van der Waals surface area contributed by atoms with Gasteiger partial charge in [-0.05, 0) is 11.8 Å². The number of nitrogens with one attached hydrogen (secondary N) is 1. The van der Waals surface area contributed by atoms with Gasteiger partial charge in [0.2, 0.25) is 0 Å². The number of nitrogens with zero attached hydrogens (tertiary/aromatic N) is 1. The Morgan fingerprint density at radius 2 is 2.00 bits per heavy atom. The molecule has 0 saturated heterocycles. The molecule has 1 heterocycles. The molecular formula is C15H26N2O3. The fourth-order valence-corrected chi connectivity index (χ4v) is 2.11. The lowest BCUT2D eigenvalue weighted by Gasteiger charge is -2.22. The smallest absolute Gasteiger partial charge is 0.183 e. The molecule has 1 unspecified atom stereocenters. The third kappa shape index (κ3) is 5.35. The molecule has 1 atom stereocenters. The summed E-state index contributed by atoms with van der Waals surface area (Å²) in [6.45, 7) is 7.40. The Morgan fingerprint density at radius 1 is 1.30 bits per heavy atom. The van der Waals surface area contributed by atoms with E-state index in [1.807, 2.05) is 0 Å². The van der Waals surface area contributed by atoms with Crippen molar-refractivity contribution in [2.24, 2.45) is 5.41 Å². The number of rotatable bonds is 7. The Morgan fingerprint density at radius 3 is 2.55 bits per heavy atom. The van der Waals surface area contributed by atoms with Crippen molar-refractivity contribution in [3.8, 4) is 11.5 Å². The lowest BCUT2D eigenvalue weighted by Crippen LogP contribution is -2.30. The summed E-state index contributed by atoms with van der Waals surface area (Å²) in [5.41, 5.74) is 0.891. The van der Waals surface area contributed by atoms with Gasteiger partial charge in [0.25, 0.3) is 0 Å². The highest BCUT2D eigenvalue weighted by Crippen LogP contribution is 2.28. The lowest BCUT2D eigenvalue weighted by molar-refractivity contribution is 0.119. The molecular weight excluding hydrogens is 256 g/mol. The van der Waals surface area contributed by atoms with Crippen LogP contribution in [-0.4, -0.2) is 37.0 Å². The average Bonchev–Trinajstić information content (AvgIpc) is 2.36. The van der Waals surface area contributed by atoms with Crippen molar-refractivity contribution in [3.05, 3.63) is 18.0 Å². The molecule has 1 aromatic heterocycles. The third-order valence-electron chi connectivity index (χ3n) is 2.89. The number of ether oxygens (including phenoxy) is 2. The number of hydrogen-bond acceptors (Lipinski definition) is 5. The molecule has 114 valence electrons. The molecule has 0 saturated carbocycles. The molecule has 0 spiro atoms. The monoisotopic (exact) mass is 282 g/mol. The topological polar surface area (TPSA) is 63.6 Å². The van der Waals surface area contributed by atoms with Gasteiger partial charge in [0.1, 0.15) is 0 Å². The first-order chi connectivity index (χ1) is 9.37. The maximum atomic E-state index is 9.95. The van der Waals surface area contributed by atoms with E-state index in [1.54, 1.807) is 26.5 Å². The van der Waals surface area contributed by atoms with Crippen molar-refractivity contribution < 1.29 is 14.6 Å². The quantitative estimate of drug-likeness (QED) is 0.800. The number of pyridine rings is 1. The normalized spacial score (nSPS) is 13.1. The number of aliphatic hydroxyl groups is 1. The van der Waals surface area contributed by atoms with Crippen molar-refractivity contribution in [1.29, 1.82) is 0 Å². The predicted octanol–water partition coefficient (Wildman–Crippen LogP) is 1.99. The predicted molar refractivity (Wildman–Crippen MR) is 79.1 cm³/mol. The van der Waals surface area contributed by atoms with E-state index < -0.39 is 0 Å². The van der Waals surface area contributed by atoms with Crippen LogP contribution >= 0.6 is 0 Å². The van der Waals surface area contributed by atoms with Gasteiger partial charge < -0.3 is 19.9 Å². The minimum Gasteiger partial charge on any atom is -0.493 e. The molecule has 0 aliphatic carbocycles. The molecule has 0 aliphatic heterocycles. The van der Waals surface area contributed by atoms with E-state index in [4.69, 9.17) is 9.47 Å².